The minimum absolute atomic E-state index is 0.230. The van der Waals surface area contributed by atoms with Crippen molar-refractivity contribution in [2.75, 3.05) is 39.3 Å². The monoisotopic (exact) mass is 266 g/mol. The number of hydrogen-bond acceptors (Lipinski definition) is 3. The average molecular weight is 266 g/mol. The summed E-state index contributed by atoms with van der Waals surface area (Å²) in [6.45, 7) is 11.2. The van der Waals surface area contributed by atoms with Crippen LogP contribution in [0.15, 0.2) is 17.6 Å². The van der Waals surface area contributed by atoms with E-state index in [2.05, 4.69) is 34.0 Å². The number of morpholine rings is 1. The van der Waals surface area contributed by atoms with Gasteiger partial charge in [0.15, 0.2) is 5.96 Å². The summed E-state index contributed by atoms with van der Waals surface area (Å²) in [6, 6.07) is 0.660. The molecule has 0 aromatic rings. The Morgan fingerprint density at radius 3 is 3.21 bits per heavy atom. The quantitative estimate of drug-likeness (QED) is 0.434. The van der Waals surface area contributed by atoms with Gasteiger partial charge in [-0.1, -0.05) is 6.08 Å². The van der Waals surface area contributed by atoms with Crippen molar-refractivity contribution in [2.24, 2.45) is 4.99 Å². The van der Waals surface area contributed by atoms with Crippen LogP contribution in [0.4, 0.5) is 0 Å². The van der Waals surface area contributed by atoms with Gasteiger partial charge in [0.2, 0.25) is 0 Å². The fourth-order valence-corrected chi connectivity index (χ4v) is 2.70. The highest BCUT2D eigenvalue weighted by atomic mass is 16.5. The van der Waals surface area contributed by atoms with Crippen molar-refractivity contribution in [1.82, 2.24) is 15.5 Å². The van der Waals surface area contributed by atoms with Gasteiger partial charge in [0, 0.05) is 25.7 Å². The smallest absolute Gasteiger partial charge is 0.191 e. The van der Waals surface area contributed by atoms with Gasteiger partial charge >= 0.3 is 0 Å². The molecule has 0 amide bonds. The molecule has 0 saturated carbocycles. The molecule has 0 radical (unpaired) electrons. The highest BCUT2D eigenvalue weighted by Crippen LogP contribution is 2.22. The lowest BCUT2D eigenvalue weighted by Gasteiger charge is -2.34. The van der Waals surface area contributed by atoms with Gasteiger partial charge in [-0.2, -0.15) is 0 Å². The molecule has 0 aromatic heterocycles. The molecule has 0 bridgehead atoms. The molecule has 2 heterocycles. The molecule has 2 fully saturated rings. The van der Waals surface area contributed by atoms with Crippen molar-refractivity contribution in [3.8, 4) is 0 Å². The van der Waals surface area contributed by atoms with Crippen LogP contribution < -0.4 is 10.6 Å². The Labute approximate surface area is 116 Å². The lowest BCUT2D eigenvalue weighted by molar-refractivity contribution is -0.0432. The van der Waals surface area contributed by atoms with Crippen LogP contribution in [0.5, 0.6) is 0 Å². The Kier molecular flexibility index (Phi) is 5.66. The van der Waals surface area contributed by atoms with Crippen LogP contribution in [0.2, 0.25) is 0 Å². The first-order chi connectivity index (χ1) is 9.33. The fraction of sp³-hybridized carbons (Fsp3) is 0.786. The number of rotatable bonds is 5. The minimum atomic E-state index is 0.230. The third kappa shape index (κ3) is 4.21. The summed E-state index contributed by atoms with van der Waals surface area (Å²) in [5.41, 5.74) is 0. The molecule has 19 heavy (non-hydrogen) atoms. The van der Waals surface area contributed by atoms with Crippen molar-refractivity contribution in [2.45, 2.75) is 31.9 Å². The molecule has 2 aliphatic rings. The number of nitrogens with one attached hydrogen (secondary N) is 2. The second kappa shape index (κ2) is 7.50. The van der Waals surface area contributed by atoms with Gasteiger partial charge < -0.3 is 15.4 Å². The third-order valence-electron chi connectivity index (χ3n) is 3.67. The summed E-state index contributed by atoms with van der Waals surface area (Å²) in [5.74, 6) is 0.842. The highest BCUT2D eigenvalue weighted by Gasteiger charge is 2.31. The summed E-state index contributed by atoms with van der Waals surface area (Å²) in [7, 11) is 0. The zero-order chi connectivity index (χ0) is 13.5. The van der Waals surface area contributed by atoms with Gasteiger partial charge in [-0.3, -0.25) is 9.89 Å². The van der Waals surface area contributed by atoms with E-state index in [0.717, 1.165) is 38.7 Å². The largest absolute Gasteiger partial charge is 0.373 e. The number of ether oxygens (including phenoxy) is 1. The molecule has 0 aromatic carbocycles. The zero-order valence-electron chi connectivity index (χ0n) is 11.9. The Hall–Kier alpha value is -1.07. The first kappa shape index (κ1) is 14.3. The summed E-state index contributed by atoms with van der Waals surface area (Å²) in [6.07, 6.45) is 4.67. The van der Waals surface area contributed by atoms with Crippen molar-refractivity contribution in [3.63, 3.8) is 0 Å². The van der Waals surface area contributed by atoms with Crippen molar-refractivity contribution < 1.29 is 4.74 Å². The van der Waals surface area contributed by atoms with Crippen LogP contribution in [0.3, 0.4) is 0 Å². The van der Waals surface area contributed by atoms with Crippen molar-refractivity contribution >= 4 is 5.96 Å². The lowest BCUT2D eigenvalue weighted by atomic mass is 10.2. The molecule has 0 aliphatic carbocycles. The molecule has 2 saturated heterocycles. The van der Waals surface area contributed by atoms with Crippen molar-refractivity contribution in [1.29, 1.82) is 0 Å². The topological polar surface area (TPSA) is 48.9 Å². The van der Waals surface area contributed by atoms with E-state index < -0.39 is 0 Å². The molecule has 2 aliphatic heterocycles. The van der Waals surface area contributed by atoms with E-state index in [1.54, 1.807) is 0 Å². The predicted octanol–water partition coefficient (Wildman–Crippen LogP) is 0.591. The number of aliphatic imine (C=N–C) groups is 1. The number of fused-ring (bicyclic) bond motifs is 1. The number of hydrogen-bond donors (Lipinski definition) is 2. The molecular weight excluding hydrogens is 240 g/mol. The summed E-state index contributed by atoms with van der Waals surface area (Å²) < 4.78 is 5.90. The molecular formula is C14H26N4O. The van der Waals surface area contributed by atoms with Gasteiger partial charge in [-0.15, -0.1) is 6.58 Å². The van der Waals surface area contributed by atoms with Crippen LogP contribution in [0.25, 0.3) is 0 Å². The lowest BCUT2D eigenvalue weighted by Crippen LogP contribution is -2.47. The van der Waals surface area contributed by atoms with Crippen molar-refractivity contribution in [3.05, 3.63) is 12.7 Å². The van der Waals surface area contributed by atoms with Gasteiger partial charge in [0.25, 0.3) is 0 Å². The second-order valence-corrected chi connectivity index (χ2v) is 5.14. The minimum Gasteiger partial charge on any atom is -0.373 e. The molecule has 5 heteroatoms. The first-order valence-electron chi connectivity index (χ1n) is 7.32. The molecule has 2 rings (SSSR count). The third-order valence-corrected chi connectivity index (χ3v) is 3.67. The van der Waals surface area contributed by atoms with E-state index in [1.165, 1.54) is 19.4 Å². The maximum atomic E-state index is 5.90. The van der Waals surface area contributed by atoms with E-state index in [1.807, 2.05) is 6.08 Å². The Balaban J connectivity index is 1.79. The van der Waals surface area contributed by atoms with E-state index in [-0.39, 0.29) is 6.10 Å². The average Bonchev–Trinajstić information content (AvgIpc) is 2.89. The molecule has 0 spiro atoms. The molecule has 2 unspecified atom stereocenters. The van der Waals surface area contributed by atoms with Crippen LogP contribution in [-0.2, 0) is 4.74 Å². The van der Waals surface area contributed by atoms with Crippen LogP contribution in [-0.4, -0.2) is 62.3 Å². The van der Waals surface area contributed by atoms with Crippen LogP contribution in [0.1, 0.15) is 19.8 Å². The summed E-state index contributed by atoms with van der Waals surface area (Å²) in [4.78, 5) is 7.13. The number of nitrogens with zero attached hydrogens (tertiary/aromatic N) is 2. The summed E-state index contributed by atoms with van der Waals surface area (Å²) in [5, 5.41) is 6.43. The van der Waals surface area contributed by atoms with Crippen LogP contribution in [0, 0.1) is 0 Å². The molecule has 108 valence electrons. The van der Waals surface area contributed by atoms with Gasteiger partial charge in [0.1, 0.15) is 0 Å². The number of guanidine groups is 1. The SMILES string of the molecule is C=CCNC(=NCC1CN2CCCC2CO1)NCC. The second-order valence-electron chi connectivity index (χ2n) is 5.14. The van der Waals surface area contributed by atoms with Crippen LogP contribution >= 0.6 is 0 Å². The molecule has 5 nitrogen and oxygen atoms in total. The maximum Gasteiger partial charge on any atom is 0.191 e. The Morgan fingerprint density at radius 2 is 2.42 bits per heavy atom. The van der Waals surface area contributed by atoms with Gasteiger partial charge in [-0.05, 0) is 26.3 Å². The van der Waals surface area contributed by atoms with Gasteiger partial charge in [0.05, 0.1) is 19.3 Å². The van der Waals surface area contributed by atoms with E-state index >= 15 is 0 Å². The molecule has 2 atom stereocenters. The van der Waals surface area contributed by atoms with Gasteiger partial charge in [-0.25, -0.2) is 0 Å². The van der Waals surface area contributed by atoms with E-state index in [0.29, 0.717) is 6.04 Å². The summed E-state index contributed by atoms with van der Waals surface area (Å²) >= 11 is 0. The standard InChI is InChI=1S/C14H26N4O/c1-3-7-16-14(15-4-2)17-9-13-10-18-8-5-6-12(18)11-19-13/h3,12-13H,1,4-11H2,2H3,(H2,15,16,17). The predicted molar refractivity (Wildman–Crippen MR) is 78.5 cm³/mol. The fourth-order valence-electron chi connectivity index (χ4n) is 2.70. The zero-order valence-corrected chi connectivity index (χ0v) is 11.9. The van der Waals surface area contributed by atoms with E-state index in [4.69, 9.17) is 4.74 Å². The normalized spacial score (nSPS) is 27.9. The maximum absolute atomic E-state index is 5.90. The highest BCUT2D eigenvalue weighted by molar-refractivity contribution is 5.79. The Morgan fingerprint density at radius 1 is 1.53 bits per heavy atom. The Bertz CT molecular complexity index is 319. The first-order valence-corrected chi connectivity index (χ1v) is 7.32. The molecule has 2 N–H and O–H groups in total. The van der Waals surface area contributed by atoms with E-state index in [9.17, 15) is 0 Å².